The number of furan rings is 1. The number of rotatable bonds is 8. The van der Waals surface area contributed by atoms with Gasteiger partial charge in [-0.3, -0.25) is 14.4 Å². The van der Waals surface area contributed by atoms with Crippen LogP contribution in [0, 0.1) is 0 Å². The Bertz CT molecular complexity index is 1860. The van der Waals surface area contributed by atoms with E-state index in [2.05, 4.69) is 49.5 Å². The van der Waals surface area contributed by atoms with Crippen molar-refractivity contribution in [2.45, 2.75) is 32.0 Å². The molecule has 1 aliphatic heterocycles. The first-order chi connectivity index (χ1) is 20.1. The standard InChI is InChI=1S/C32H29N7O2/c33-31(40)29-7-4-14-38(29)19-25-10-13-30(41-25)22-8-11-26-27(16-22)34-20-35-32(26)37-24-9-12-28-23(15-24)17-36-39(28)18-21-5-2-1-3-6-21/h1-3,5-6,8-13,15-17,20,29H,4,7,14,18-19H2,(H2,33,40)(H,34,35,37)/t29-/m0/s1. The van der Waals surface area contributed by atoms with E-state index in [-0.39, 0.29) is 11.9 Å². The number of nitrogens with zero attached hydrogens (tertiary/aromatic N) is 5. The van der Waals surface area contributed by atoms with E-state index in [4.69, 9.17) is 10.2 Å². The van der Waals surface area contributed by atoms with Crippen molar-refractivity contribution in [3.8, 4) is 11.3 Å². The number of anilines is 2. The number of hydrogen-bond donors (Lipinski definition) is 2. The van der Waals surface area contributed by atoms with Gasteiger partial charge in [-0.15, -0.1) is 0 Å². The summed E-state index contributed by atoms with van der Waals surface area (Å²) in [7, 11) is 0. The van der Waals surface area contributed by atoms with Crippen LogP contribution in [0.25, 0.3) is 33.1 Å². The molecule has 3 N–H and O–H groups in total. The number of nitrogens with one attached hydrogen (secondary N) is 1. The Labute approximate surface area is 236 Å². The number of amides is 1. The van der Waals surface area contributed by atoms with Gasteiger partial charge in [-0.05, 0) is 67.4 Å². The minimum atomic E-state index is -0.272. The summed E-state index contributed by atoms with van der Waals surface area (Å²) in [5, 5.41) is 10.0. The maximum Gasteiger partial charge on any atom is 0.234 e. The number of nitrogens with two attached hydrogens (primary N) is 1. The second-order valence-corrected chi connectivity index (χ2v) is 10.4. The first-order valence-electron chi connectivity index (χ1n) is 13.7. The fourth-order valence-corrected chi connectivity index (χ4v) is 5.65. The summed E-state index contributed by atoms with van der Waals surface area (Å²) in [6, 6.07) is 26.2. The van der Waals surface area contributed by atoms with Gasteiger partial charge in [0.15, 0.2) is 0 Å². The number of fused-ring (bicyclic) bond motifs is 2. The molecule has 0 unspecified atom stereocenters. The Balaban J connectivity index is 1.10. The van der Waals surface area contributed by atoms with Gasteiger partial charge >= 0.3 is 0 Å². The predicted octanol–water partition coefficient (Wildman–Crippen LogP) is 5.48. The Morgan fingerprint density at radius 3 is 2.78 bits per heavy atom. The molecule has 9 nitrogen and oxygen atoms in total. The summed E-state index contributed by atoms with van der Waals surface area (Å²) in [4.78, 5) is 22.9. The monoisotopic (exact) mass is 543 g/mol. The largest absolute Gasteiger partial charge is 0.460 e. The fraction of sp³-hybridized carbons (Fsp3) is 0.188. The van der Waals surface area contributed by atoms with Crippen LogP contribution in [0.15, 0.2) is 95.8 Å². The van der Waals surface area contributed by atoms with Gasteiger partial charge < -0.3 is 15.5 Å². The lowest BCUT2D eigenvalue weighted by Crippen LogP contribution is -2.39. The summed E-state index contributed by atoms with van der Waals surface area (Å²) in [5.41, 5.74) is 10.5. The zero-order valence-electron chi connectivity index (χ0n) is 22.4. The van der Waals surface area contributed by atoms with Gasteiger partial charge in [0.1, 0.15) is 23.7 Å². The van der Waals surface area contributed by atoms with E-state index >= 15 is 0 Å². The number of aromatic nitrogens is 4. The van der Waals surface area contributed by atoms with Crippen molar-refractivity contribution in [3.63, 3.8) is 0 Å². The average molecular weight is 544 g/mol. The van der Waals surface area contributed by atoms with E-state index in [0.717, 1.165) is 76.3 Å². The predicted molar refractivity (Wildman–Crippen MR) is 158 cm³/mol. The van der Waals surface area contributed by atoms with Gasteiger partial charge in [-0.25, -0.2) is 9.97 Å². The first-order valence-corrected chi connectivity index (χ1v) is 13.7. The quantitative estimate of drug-likeness (QED) is 0.261. The molecular formula is C32H29N7O2. The van der Waals surface area contributed by atoms with E-state index in [1.165, 1.54) is 5.56 Å². The van der Waals surface area contributed by atoms with Crippen LogP contribution in [0.3, 0.4) is 0 Å². The molecule has 7 rings (SSSR count). The van der Waals surface area contributed by atoms with Crippen molar-refractivity contribution in [2.75, 3.05) is 11.9 Å². The van der Waals surface area contributed by atoms with Gasteiger partial charge in [0.05, 0.1) is 36.4 Å². The van der Waals surface area contributed by atoms with Crippen LogP contribution in [0.2, 0.25) is 0 Å². The van der Waals surface area contributed by atoms with E-state index in [9.17, 15) is 4.79 Å². The molecule has 204 valence electrons. The van der Waals surface area contributed by atoms with E-state index in [0.29, 0.717) is 6.54 Å². The summed E-state index contributed by atoms with van der Waals surface area (Å²) in [6.45, 7) is 2.13. The van der Waals surface area contributed by atoms with Crippen LogP contribution >= 0.6 is 0 Å². The van der Waals surface area contributed by atoms with Crippen LogP contribution in [-0.2, 0) is 17.9 Å². The molecule has 1 saturated heterocycles. The molecule has 6 aromatic rings. The van der Waals surface area contributed by atoms with E-state index < -0.39 is 0 Å². The van der Waals surface area contributed by atoms with Crippen LogP contribution in [-0.4, -0.2) is 43.1 Å². The first kappa shape index (κ1) is 25.0. The number of hydrogen-bond acceptors (Lipinski definition) is 7. The van der Waals surface area contributed by atoms with Crippen molar-refractivity contribution in [2.24, 2.45) is 5.73 Å². The molecule has 41 heavy (non-hydrogen) atoms. The molecule has 0 bridgehead atoms. The third-order valence-electron chi connectivity index (χ3n) is 7.71. The lowest BCUT2D eigenvalue weighted by molar-refractivity contribution is -0.122. The van der Waals surface area contributed by atoms with E-state index in [1.807, 2.05) is 65.5 Å². The zero-order valence-corrected chi connectivity index (χ0v) is 22.4. The summed E-state index contributed by atoms with van der Waals surface area (Å²) in [5.74, 6) is 2.01. The van der Waals surface area contributed by atoms with Crippen molar-refractivity contribution in [1.29, 1.82) is 0 Å². The number of carbonyl (C=O) groups is 1. The third-order valence-corrected chi connectivity index (χ3v) is 7.71. The highest BCUT2D eigenvalue weighted by Crippen LogP contribution is 2.31. The summed E-state index contributed by atoms with van der Waals surface area (Å²) < 4.78 is 8.17. The molecule has 4 heterocycles. The highest BCUT2D eigenvalue weighted by molar-refractivity contribution is 5.94. The highest BCUT2D eigenvalue weighted by Gasteiger charge is 2.29. The number of likely N-dealkylation sites (tertiary alicyclic amines) is 1. The topological polar surface area (TPSA) is 115 Å². The van der Waals surface area contributed by atoms with Gasteiger partial charge in [0.25, 0.3) is 0 Å². The van der Waals surface area contributed by atoms with Crippen molar-refractivity contribution in [1.82, 2.24) is 24.6 Å². The normalized spacial score (nSPS) is 15.6. The SMILES string of the molecule is NC(=O)[C@@H]1CCCN1Cc1ccc(-c2ccc3c(Nc4ccc5c(cnn5Cc5ccccc5)c4)ncnc3c2)o1. The van der Waals surface area contributed by atoms with Crippen molar-refractivity contribution in [3.05, 3.63) is 103 Å². The minimum absolute atomic E-state index is 0.224. The molecule has 3 aromatic carbocycles. The van der Waals surface area contributed by atoms with Gasteiger partial charge in [-0.1, -0.05) is 36.4 Å². The molecule has 9 heteroatoms. The fourth-order valence-electron chi connectivity index (χ4n) is 5.65. The van der Waals surface area contributed by atoms with E-state index in [1.54, 1.807) is 6.33 Å². The maximum absolute atomic E-state index is 11.7. The molecule has 1 amide bonds. The third kappa shape index (κ3) is 5.03. The van der Waals surface area contributed by atoms with Crippen LogP contribution in [0.4, 0.5) is 11.5 Å². The molecule has 0 saturated carbocycles. The smallest absolute Gasteiger partial charge is 0.234 e. The maximum atomic E-state index is 11.7. The molecule has 1 atom stereocenters. The Morgan fingerprint density at radius 2 is 1.90 bits per heavy atom. The van der Waals surface area contributed by atoms with Crippen molar-refractivity contribution >= 4 is 39.2 Å². The second-order valence-electron chi connectivity index (χ2n) is 10.4. The number of primary amides is 1. The van der Waals surface area contributed by atoms with Crippen LogP contribution < -0.4 is 11.1 Å². The molecular weight excluding hydrogens is 514 g/mol. The molecule has 3 aromatic heterocycles. The molecule has 1 aliphatic rings. The van der Waals surface area contributed by atoms with Gasteiger partial charge in [0, 0.05) is 22.0 Å². The Morgan fingerprint density at radius 1 is 1.00 bits per heavy atom. The Kier molecular flexibility index (Phi) is 6.41. The van der Waals surface area contributed by atoms with Crippen molar-refractivity contribution < 1.29 is 9.21 Å². The molecule has 0 spiro atoms. The average Bonchev–Trinajstić information content (AvgIpc) is 3.74. The molecule has 0 aliphatic carbocycles. The minimum Gasteiger partial charge on any atom is -0.460 e. The van der Waals surface area contributed by atoms with Crippen LogP contribution in [0.5, 0.6) is 0 Å². The lowest BCUT2D eigenvalue weighted by atomic mass is 10.1. The summed E-state index contributed by atoms with van der Waals surface area (Å²) in [6.07, 6.45) is 5.22. The second kappa shape index (κ2) is 10.5. The number of benzene rings is 3. The highest BCUT2D eigenvalue weighted by atomic mass is 16.3. The Hall–Kier alpha value is -5.02. The van der Waals surface area contributed by atoms with Gasteiger partial charge in [0.2, 0.25) is 5.91 Å². The summed E-state index contributed by atoms with van der Waals surface area (Å²) >= 11 is 0. The van der Waals surface area contributed by atoms with Gasteiger partial charge in [-0.2, -0.15) is 5.10 Å². The van der Waals surface area contributed by atoms with Crippen LogP contribution in [0.1, 0.15) is 24.2 Å². The molecule has 0 radical (unpaired) electrons. The molecule has 1 fully saturated rings. The lowest BCUT2D eigenvalue weighted by Gasteiger charge is -2.20. The zero-order chi connectivity index (χ0) is 27.8. The number of carbonyl (C=O) groups excluding carboxylic acids is 1.